The van der Waals surface area contributed by atoms with Crippen molar-refractivity contribution >= 4 is 11.8 Å². The van der Waals surface area contributed by atoms with Gasteiger partial charge in [-0.2, -0.15) is 0 Å². The molecule has 1 aliphatic heterocycles. The van der Waals surface area contributed by atoms with Gasteiger partial charge >= 0.3 is 0 Å². The molecule has 1 atom stereocenters. The first-order chi connectivity index (χ1) is 10.1. The van der Waals surface area contributed by atoms with Gasteiger partial charge in [-0.1, -0.05) is 30.3 Å². The number of amides is 2. The van der Waals surface area contributed by atoms with E-state index in [1.807, 2.05) is 49.3 Å². The third kappa shape index (κ3) is 4.56. The normalized spacial score (nSPS) is 17.9. The van der Waals surface area contributed by atoms with Gasteiger partial charge in [0.1, 0.15) is 0 Å². The van der Waals surface area contributed by atoms with Gasteiger partial charge in [0.2, 0.25) is 11.8 Å². The zero-order valence-electron chi connectivity index (χ0n) is 12.7. The summed E-state index contributed by atoms with van der Waals surface area (Å²) in [7, 11) is 3.98. The molecule has 1 aromatic carbocycles. The van der Waals surface area contributed by atoms with Gasteiger partial charge in [-0.3, -0.25) is 9.59 Å². The molecule has 0 spiro atoms. The van der Waals surface area contributed by atoms with Crippen LogP contribution in [0.2, 0.25) is 0 Å². The first kappa shape index (κ1) is 15.5. The fourth-order valence-corrected chi connectivity index (χ4v) is 2.43. The standard InChI is InChI=1S/C16H23N3O2/c1-18(2)8-9-19(12-13-6-4-3-5-7-13)16(21)14-10-15(20)17-11-14/h3-7,14H,8-12H2,1-2H3,(H,17,20). The number of rotatable bonds is 6. The zero-order chi connectivity index (χ0) is 15.2. The SMILES string of the molecule is CN(C)CCN(Cc1ccccc1)C(=O)C1CNC(=O)C1. The lowest BCUT2D eigenvalue weighted by Gasteiger charge is -2.26. The van der Waals surface area contributed by atoms with Crippen molar-refractivity contribution in [1.29, 1.82) is 0 Å². The van der Waals surface area contributed by atoms with Crippen molar-refractivity contribution in [3.8, 4) is 0 Å². The van der Waals surface area contributed by atoms with Gasteiger partial charge in [-0.15, -0.1) is 0 Å². The topological polar surface area (TPSA) is 52.6 Å². The summed E-state index contributed by atoms with van der Waals surface area (Å²) in [5, 5.41) is 2.74. The second kappa shape index (κ2) is 7.22. The summed E-state index contributed by atoms with van der Waals surface area (Å²) in [6.07, 6.45) is 0.312. The highest BCUT2D eigenvalue weighted by atomic mass is 16.2. The number of nitrogens with one attached hydrogen (secondary N) is 1. The van der Waals surface area contributed by atoms with E-state index in [4.69, 9.17) is 0 Å². The summed E-state index contributed by atoms with van der Waals surface area (Å²) in [5.41, 5.74) is 1.11. The summed E-state index contributed by atoms with van der Waals surface area (Å²) in [6, 6.07) is 9.96. The highest BCUT2D eigenvalue weighted by molar-refractivity contribution is 5.89. The van der Waals surface area contributed by atoms with Crippen LogP contribution >= 0.6 is 0 Å². The lowest BCUT2D eigenvalue weighted by molar-refractivity contribution is -0.136. The highest BCUT2D eigenvalue weighted by Crippen LogP contribution is 2.15. The predicted octanol–water partition coefficient (Wildman–Crippen LogP) is 0.713. The minimum Gasteiger partial charge on any atom is -0.355 e. The highest BCUT2D eigenvalue weighted by Gasteiger charge is 2.31. The summed E-state index contributed by atoms with van der Waals surface area (Å²) >= 11 is 0. The van der Waals surface area contributed by atoms with Crippen molar-refractivity contribution in [2.75, 3.05) is 33.7 Å². The molecule has 1 N–H and O–H groups in total. The quantitative estimate of drug-likeness (QED) is 0.839. The van der Waals surface area contributed by atoms with Crippen LogP contribution in [-0.2, 0) is 16.1 Å². The molecule has 5 nitrogen and oxygen atoms in total. The first-order valence-electron chi connectivity index (χ1n) is 7.30. The van der Waals surface area contributed by atoms with Crippen molar-refractivity contribution in [1.82, 2.24) is 15.1 Å². The summed E-state index contributed by atoms with van der Waals surface area (Å²) in [5.74, 6) is -0.178. The monoisotopic (exact) mass is 289 g/mol. The van der Waals surface area contributed by atoms with E-state index in [0.29, 0.717) is 26.1 Å². The van der Waals surface area contributed by atoms with Gasteiger partial charge in [-0.25, -0.2) is 0 Å². The van der Waals surface area contributed by atoms with Crippen molar-refractivity contribution in [2.24, 2.45) is 5.92 Å². The molecule has 0 aliphatic carbocycles. The van der Waals surface area contributed by atoms with Crippen molar-refractivity contribution in [2.45, 2.75) is 13.0 Å². The van der Waals surface area contributed by atoms with Crippen LogP contribution in [0.4, 0.5) is 0 Å². The molecule has 1 unspecified atom stereocenters. The Balaban J connectivity index is 2.04. The molecular formula is C16H23N3O2. The van der Waals surface area contributed by atoms with Crippen LogP contribution in [0.5, 0.6) is 0 Å². The molecule has 2 rings (SSSR count). The fraction of sp³-hybridized carbons (Fsp3) is 0.500. The van der Waals surface area contributed by atoms with E-state index in [0.717, 1.165) is 12.1 Å². The van der Waals surface area contributed by atoms with Gasteiger partial charge < -0.3 is 15.1 Å². The van der Waals surface area contributed by atoms with Gasteiger partial charge in [0.05, 0.1) is 5.92 Å². The molecule has 1 saturated heterocycles. The number of hydrogen-bond acceptors (Lipinski definition) is 3. The van der Waals surface area contributed by atoms with Crippen molar-refractivity contribution in [3.63, 3.8) is 0 Å². The number of nitrogens with zero attached hydrogens (tertiary/aromatic N) is 2. The lowest BCUT2D eigenvalue weighted by Crippen LogP contribution is -2.40. The largest absolute Gasteiger partial charge is 0.355 e. The average Bonchev–Trinajstić information content (AvgIpc) is 2.90. The molecule has 0 saturated carbocycles. The molecule has 1 aliphatic rings. The Morgan fingerprint density at radius 1 is 1.24 bits per heavy atom. The Kier molecular flexibility index (Phi) is 5.33. The minimum atomic E-state index is -0.219. The van der Waals surface area contributed by atoms with E-state index in [9.17, 15) is 9.59 Å². The average molecular weight is 289 g/mol. The van der Waals surface area contributed by atoms with Crippen LogP contribution in [0.3, 0.4) is 0 Å². The third-order valence-corrected chi connectivity index (χ3v) is 3.67. The molecule has 1 heterocycles. The summed E-state index contributed by atoms with van der Waals surface area (Å²) in [6.45, 7) is 2.54. The van der Waals surface area contributed by atoms with Crippen molar-refractivity contribution < 1.29 is 9.59 Å². The Morgan fingerprint density at radius 2 is 1.95 bits per heavy atom. The smallest absolute Gasteiger partial charge is 0.228 e. The number of benzene rings is 1. The summed E-state index contributed by atoms with van der Waals surface area (Å²) < 4.78 is 0. The van der Waals surface area contributed by atoms with Crippen molar-refractivity contribution in [3.05, 3.63) is 35.9 Å². The fourth-order valence-electron chi connectivity index (χ4n) is 2.43. The Labute approximate surface area is 125 Å². The maximum absolute atomic E-state index is 12.6. The Morgan fingerprint density at radius 3 is 2.52 bits per heavy atom. The first-order valence-corrected chi connectivity index (χ1v) is 7.30. The van der Waals surface area contributed by atoms with E-state index in [-0.39, 0.29) is 17.7 Å². The molecule has 1 fully saturated rings. The molecule has 5 heteroatoms. The van der Waals surface area contributed by atoms with Crippen LogP contribution in [0.1, 0.15) is 12.0 Å². The van der Waals surface area contributed by atoms with Crippen LogP contribution < -0.4 is 5.32 Å². The predicted molar refractivity (Wildman–Crippen MR) is 81.5 cm³/mol. The molecule has 0 bridgehead atoms. The second-order valence-corrected chi connectivity index (χ2v) is 5.75. The molecule has 114 valence electrons. The van der Waals surface area contributed by atoms with E-state index in [1.54, 1.807) is 0 Å². The molecule has 21 heavy (non-hydrogen) atoms. The molecular weight excluding hydrogens is 266 g/mol. The van der Waals surface area contributed by atoms with E-state index in [2.05, 4.69) is 10.2 Å². The zero-order valence-corrected chi connectivity index (χ0v) is 12.7. The number of hydrogen-bond donors (Lipinski definition) is 1. The maximum Gasteiger partial charge on any atom is 0.228 e. The molecule has 1 aromatic rings. The maximum atomic E-state index is 12.6. The van der Waals surface area contributed by atoms with Crippen LogP contribution in [0.25, 0.3) is 0 Å². The number of carbonyl (C=O) groups is 2. The molecule has 0 aromatic heterocycles. The molecule has 2 amide bonds. The van der Waals surface area contributed by atoms with E-state index >= 15 is 0 Å². The van der Waals surface area contributed by atoms with Gasteiger partial charge in [-0.05, 0) is 19.7 Å². The Hall–Kier alpha value is -1.88. The minimum absolute atomic E-state index is 0.0272. The Bertz CT molecular complexity index is 488. The van der Waals surface area contributed by atoms with Gasteiger partial charge in [0.15, 0.2) is 0 Å². The van der Waals surface area contributed by atoms with Crippen LogP contribution in [0, 0.1) is 5.92 Å². The van der Waals surface area contributed by atoms with Gasteiger partial charge in [0.25, 0.3) is 0 Å². The third-order valence-electron chi connectivity index (χ3n) is 3.67. The summed E-state index contributed by atoms with van der Waals surface area (Å²) in [4.78, 5) is 27.9. The molecule has 0 radical (unpaired) electrons. The van der Waals surface area contributed by atoms with Gasteiger partial charge in [0, 0.05) is 32.6 Å². The number of likely N-dealkylation sites (N-methyl/N-ethyl adjacent to an activating group) is 1. The van der Waals surface area contributed by atoms with E-state index in [1.165, 1.54) is 0 Å². The number of carbonyl (C=O) groups excluding carboxylic acids is 2. The second-order valence-electron chi connectivity index (χ2n) is 5.75. The van der Waals surface area contributed by atoms with Crippen LogP contribution in [0.15, 0.2) is 30.3 Å². The lowest BCUT2D eigenvalue weighted by atomic mass is 10.1. The van der Waals surface area contributed by atoms with Crippen LogP contribution in [-0.4, -0.2) is 55.3 Å². The van der Waals surface area contributed by atoms with E-state index < -0.39 is 0 Å².